The molecular formula is C10H21F3N2O. The van der Waals surface area contributed by atoms with E-state index in [0.717, 1.165) is 12.8 Å². The fourth-order valence-corrected chi connectivity index (χ4v) is 1.59. The SMILES string of the molecule is COCC(CCCN)NC(C)CC(F)(F)F. The van der Waals surface area contributed by atoms with Crippen LogP contribution in [0.5, 0.6) is 0 Å². The van der Waals surface area contributed by atoms with Gasteiger partial charge in [0.05, 0.1) is 13.0 Å². The highest BCUT2D eigenvalue weighted by Gasteiger charge is 2.30. The van der Waals surface area contributed by atoms with E-state index in [9.17, 15) is 13.2 Å². The number of nitrogens with one attached hydrogen (secondary N) is 1. The van der Waals surface area contributed by atoms with Gasteiger partial charge in [0, 0.05) is 19.2 Å². The Morgan fingerprint density at radius 2 is 2.00 bits per heavy atom. The third kappa shape index (κ3) is 8.94. The van der Waals surface area contributed by atoms with Gasteiger partial charge in [0.15, 0.2) is 0 Å². The highest BCUT2D eigenvalue weighted by atomic mass is 19.4. The molecule has 0 aliphatic rings. The molecule has 0 aliphatic carbocycles. The van der Waals surface area contributed by atoms with Gasteiger partial charge in [-0.1, -0.05) is 0 Å². The second kappa shape index (κ2) is 7.86. The quantitative estimate of drug-likeness (QED) is 0.680. The molecule has 0 fully saturated rings. The van der Waals surface area contributed by atoms with Crippen LogP contribution in [0.3, 0.4) is 0 Å². The van der Waals surface area contributed by atoms with Crippen LogP contribution in [0.4, 0.5) is 13.2 Å². The molecule has 98 valence electrons. The van der Waals surface area contributed by atoms with Gasteiger partial charge in [-0.2, -0.15) is 13.2 Å². The maximum Gasteiger partial charge on any atom is 0.390 e. The summed E-state index contributed by atoms with van der Waals surface area (Å²) in [5, 5.41) is 2.91. The fraction of sp³-hybridized carbons (Fsp3) is 1.00. The molecule has 0 bridgehead atoms. The Kier molecular flexibility index (Phi) is 7.70. The summed E-state index contributed by atoms with van der Waals surface area (Å²) in [6.45, 7) is 2.47. The minimum absolute atomic E-state index is 0.0640. The van der Waals surface area contributed by atoms with Crippen molar-refractivity contribution >= 4 is 0 Å². The monoisotopic (exact) mass is 242 g/mol. The number of ether oxygens (including phenoxy) is 1. The molecule has 3 N–H and O–H groups in total. The highest BCUT2D eigenvalue weighted by molar-refractivity contribution is 4.73. The third-order valence-corrected chi connectivity index (χ3v) is 2.18. The van der Waals surface area contributed by atoms with Gasteiger partial charge >= 0.3 is 6.18 Å². The van der Waals surface area contributed by atoms with Gasteiger partial charge in [0.1, 0.15) is 0 Å². The molecule has 0 saturated carbocycles. The Bertz CT molecular complexity index is 176. The predicted molar refractivity (Wildman–Crippen MR) is 57.2 cm³/mol. The summed E-state index contributed by atoms with van der Waals surface area (Å²) < 4.78 is 41.3. The first-order valence-corrected chi connectivity index (χ1v) is 5.41. The second-order valence-corrected chi connectivity index (χ2v) is 3.97. The summed E-state index contributed by atoms with van der Waals surface area (Å²) in [6, 6.07) is -0.663. The molecule has 0 heterocycles. The van der Waals surface area contributed by atoms with Crippen LogP contribution in [-0.2, 0) is 4.74 Å². The van der Waals surface area contributed by atoms with Crippen LogP contribution in [-0.4, -0.2) is 38.5 Å². The lowest BCUT2D eigenvalue weighted by Crippen LogP contribution is -2.41. The minimum atomic E-state index is -4.13. The van der Waals surface area contributed by atoms with E-state index in [1.807, 2.05) is 0 Å². The van der Waals surface area contributed by atoms with Crippen molar-refractivity contribution in [1.82, 2.24) is 5.32 Å². The van der Waals surface area contributed by atoms with E-state index < -0.39 is 18.6 Å². The number of nitrogens with two attached hydrogens (primary N) is 1. The standard InChI is InChI=1S/C10H21F3N2O/c1-8(6-10(11,12)13)15-9(7-16-2)4-3-5-14/h8-9,15H,3-7,14H2,1-2H3. The van der Waals surface area contributed by atoms with Gasteiger partial charge in [0.2, 0.25) is 0 Å². The molecule has 0 aromatic heterocycles. The topological polar surface area (TPSA) is 47.3 Å². The predicted octanol–water partition coefficient (Wildman–Crippen LogP) is 1.67. The zero-order chi connectivity index (χ0) is 12.6. The van der Waals surface area contributed by atoms with Crippen LogP contribution in [0.1, 0.15) is 26.2 Å². The molecule has 0 radical (unpaired) electrons. The highest BCUT2D eigenvalue weighted by Crippen LogP contribution is 2.21. The minimum Gasteiger partial charge on any atom is -0.383 e. The largest absolute Gasteiger partial charge is 0.390 e. The molecule has 0 aliphatic heterocycles. The van der Waals surface area contributed by atoms with Crippen molar-refractivity contribution in [3.63, 3.8) is 0 Å². The van der Waals surface area contributed by atoms with Crippen molar-refractivity contribution < 1.29 is 17.9 Å². The zero-order valence-corrected chi connectivity index (χ0v) is 9.81. The lowest BCUT2D eigenvalue weighted by Gasteiger charge is -2.23. The molecule has 0 rings (SSSR count). The fourth-order valence-electron chi connectivity index (χ4n) is 1.59. The van der Waals surface area contributed by atoms with Gasteiger partial charge in [-0.25, -0.2) is 0 Å². The van der Waals surface area contributed by atoms with Crippen molar-refractivity contribution in [2.75, 3.05) is 20.3 Å². The van der Waals surface area contributed by atoms with Gasteiger partial charge in [-0.05, 0) is 26.3 Å². The first kappa shape index (κ1) is 15.7. The van der Waals surface area contributed by atoms with Crippen molar-refractivity contribution in [3.8, 4) is 0 Å². The van der Waals surface area contributed by atoms with Gasteiger partial charge < -0.3 is 15.8 Å². The Morgan fingerprint density at radius 1 is 1.38 bits per heavy atom. The maximum absolute atomic E-state index is 12.1. The van der Waals surface area contributed by atoms with E-state index in [4.69, 9.17) is 10.5 Å². The van der Waals surface area contributed by atoms with Crippen LogP contribution >= 0.6 is 0 Å². The number of halogens is 3. The third-order valence-electron chi connectivity index (χ3n) is 2.18. The van der Waals surface area contributed by atoms with Crippen LogP contribution in [0.25, 0.3) is 0 Å². The number of rotatable bonds is 8. The van der Waals surface area contributed by atoms with Gasteiger partial charge in [-0.3, -0.25) is 0 Å². The summed E-state index contributed by atoms with van der Waals surface area (Å²) in [6.07, 6.45) is -3.44. The van der Waals surface area contributed by atoms with E-state index in [2.05, 4.69) is 5.32 Å². The lowest BCUT2D eigenvalue weighted by molar-refractivity contribution is -0.139. The average Bonchev–Trinajstić information content (AvgIpc) is 2.11. The molecule has 2 unspecified atom stereocenters. The van der Waals surface area contributed by atoms with E-state index >= 15 is 0 Å². The van der Waals surface area contributed by atoms with Crippen LogP contribution in [0.2, 0.25) is 0 Å². The first-order valence-electron chi connectivity index (χ1n) is 5.41. The lowest BCUT2D eigenvalue weighted by atomic mass is 10.1. The number of alkyl halides is 3. The Morgan fingerprint density at radius 3 is 2.44 bits per heavy atom. The zero-order valence-electron chi connectivity index (χ0n) is 9.81. The number of hydrogen-bond acceptors (Lipinski definition) is 3. The van der Waals surface area contributed by atoms with Crippen LogP contribution in [0, 0.1) is 0 Å². The summed E-state index contributed by atoms with van der Waals surface area (Å²) in [5.41, 5.74) is 5.36. The van der Waals surface area contributed by atoms with Crippen molar-refractivity contribution in [1.29, 1.82) is 0 Å². The van der Waals surface area contributed by atoms with E-state index in [1.54, 1.807) is 0 Å². The normalized spacial score (nSPS) is 16.1. The van der Waals surface area contributed by atoms with Gasteiger partial charge in [-0.15, -0.1) is 0 Å². The molecule has 2 atom stereocenters. The second-order valence-electron chi connectivity index (χ2n) is 3.97. The molecule has 0 saturated heterocycles. The molecule has 0 aromatic rings. The van der Waals surface area contributed by atoms with Crippen molar-refractivity contribution in [2.45, 2.75) is 44.4 Å². The van der Waals surface area contributed by atoms with E-state index in [0.29, 0.717) is 13.2 Å². The van der Waals surface area contributed by atoms with Crippen molar-refractivity contribution in [2.24, 2.45) is 5.73 Å². The number of methoxy groups -OCH3 is 1. The first-order chi connectivity index (χ1) is 7.39. The molecule has 0 aromatic carbocycles. The summed E-state index contributed by atoms with van der Waals surface area (Å²) in [4.78, 5) is 0. The Balaban J connectivity index is 3.96. The summed E-state index contributed by atoms with van der Waals surface area (Å²) in [5.74, 6) is 0. The van der Waals surface area contributed by atoms with Crippen molar-refractivity contribution in [3.05, 3.63) is 0 Å². The van der Waals surface area contributed by atoms with Gasteiger partial charge in [0.25, 0.3) is 0 Å². The molecule has 0 spiro atoms. The molecule has 3 nitrogen and oxygen atoms in total. The molecule has 0 amide bonds. The smallest absolute Gasteiger partial charge is 0.383 e. The number of hydrogen-bond donors (Lipinski definition) is 2. The summed E-state index contributed by atoms with van der Waals surface area (Å²) >= 11 is 0. The molecule has 16 heavy (non-hydrogen) atoms. The average molecular weight is 242 g/mol. The van der Waals surface area contributed by atoms with E-state index in [-0.39, 0.29) is 6.04 Å². The van der Waals surface area contributed by atoms with E-state index in [1.165, 1.54) is 14.0 Å². The summed E-state index contributed by atoms with van der Waals surface area (Å²) in [7, 11) is 1.53. The van der Waals surface area contributed by atoms with Crippen LogP contribution < -0.4 is 11.1 Å². The Labute approximate surface area is 94.5 Å². The molecular weight excluding hydrogens is 221 g/mol. The maximum atomic E-state index is 12.1. The molecule has 6 heteroatoms. The van der Waals surface area contributed by atoms with Crippen LogP contribution in [0.15, 0.2) is 0 Å². The Hall–Kier alpha value is -0.330.